The number of rotatable bonds is 3. The predicted molar refractivity (Wildman–Crippen MR) is 76.3 cm³/mol. The van der Waals surface area contributed by atoms with E-state index in [9.17, 15) is 4.79 Å². The van der Waals surface area contributed by atoms with Crippen molar-refractivity contribution in [3.63, 3.8) is 0 Å². The van der Waals surface area contributed by atoms with Gasteiger partial charge in [0.15, 0.2) is 0 Å². The fourth-order valence-corrected chi connectivity index (χ4v) is 2.85. The van der Waals surface area contributed by atoms with Gasteiger partial charge < -0.3 is 16.4 Å². The van der Waals surface area contributed by atoms with Crippen LogP contribution in [0.15, 0.2) is 6.07 Å². The van der Waals surface area contributed by atoms with Crippen LogP contribution in [0.25, 0.3) is 0 Å². The Morgan fingerprint density at radius 3 is 2.84 bits per heavy atom. The fourth-order valence-electron chi connectivity index (χ4n) is 2.85. The summed E-state index contributed by atoms with van der Waals surface area (Å²) in [6, 6.07) is 2.14. The maximum atomic E-state index is 11.7. The van der Waals surface area contributed by atoms with Crippen molar-refractivity contribution in [2.75, 3.05) is 18.0 Å². The van der Waals surface area contributed by atoms with E-state index in [0.717, 1.165) is 30.6 Å². The molecule has 5 heteroatoms. The Balaban J connectivity index is 2.50. The third-order valence-electron chi connectivity index (χ3n) is 3.74. The highest BCUT2D eigenvalue weighted by Gasteiger charge is 2.27. The van der Waals surface area contributed by atoms with Crippen LogP contribution in [0, 0.1) is 13.8 Å². The van der Waals surface area contributed by atoms with Crippen molar-refractivity contribution in [3.05, 3.63) is 22.9 Å². The van der Waals surface area contributed by atoms with Crippen LogP contribution in [0.3, 0.4) is 0 Å². The van der Waals surface area contributed by atoms with Gasteiger partial charge in [0.2, 0.25) is 0 Å². The second kappa shape index (κ2) is 5.57. The molecular formula is C14H22N4O. The van der Waals surface area contributed by atoms with Gasteiger partial charge in [-0.2, -0.15) is 0 Å². The summed E-state index contributed by atoms with van der Waals surface area (Å²) < 4.78 is 0. The number of primary amides is 1. The largest absolute Gasteiger partial charge is 0.365 e. The molecule has 0 aliphatic carbocycles. The molecule has 1 saturated heterocycles. The van der Waals surface area contributed by atoms with Gasteiger partial charge in [-0.15, -0.1) is 0 Å². The molecule has 0 aromatic carbocycles. The summed E-state index contributed by atoms with van der Waals surface area (Å²) in [6.07, 6.45) is 3.32. The maximum Gasteiger partial charge on any atom is 0.252 e. The van der Waals surface area contributed by atoms with Crippen molar-refractivity contribution in [1.29, 1.82) is 0 Å². The van der Waals surface area contributed by atoms with Crippen LogP contribution in [0.5, 0.6) is 0 Å². The fraction of sp³-hybridized carbons (Fsp3) is 0.571. The van der Waals surface area contributed by atoms with Crippen LogP contribution in [0.2, 0.25) is 0 Å². The van der Waals surface area contributed by atoms with Gasteiger partial charge in [0.1, 0.15) is 5.82 Å². The number of hydrogen-bond donors (Lipinski definition) is 2. The number of amides is 1. The maximum absolute atomic E-state index is 11.7. The Hall–Kier alpha value is -1.62. The molecule has 4 N–H and O–H groups in total. The molecule has 104 valence electrons. The Labute approximate surface area is 114 Å². The number of aromatic nitrogens is 1. The minimum Gasteiger partial charge on any atom is -0.365 e. The monoisotopic (exact) mass is 262 g/mol. The summed E-state index contributed by atoms with van der Waals surface area (Å²) in [5.41, 5.74) is 13.7. The van der Waals surface area contributed by atoms with E-state index < -0.39 is 5.91 Å². The predicted octanol–water partition coefficient (Wildman–Crippen LogP) is 1.11. The van der Waals surface area contributed by atoms with Gasteiger partial charge in [0.05, 0.1) is 5.56 Å². The lowest BCUT2D eigenvalue weighted by atomic mass is 10.00. The van der Waals surface area contributed by atoms with Crippen molar-refractivity contribution in [3.8, 4) is 0 Å². The number of piperidine rings is 1. The highest BCUT2D eigenvalue weighted by molar-refractivity contribution is 5.99. The second-order valence-electron chi connectivity index (χ2n) is 5.22. The Kier molecular flexibility index (Phi) is 4.04. The Bertz CT molecular complexity index is 487. The minimum atomic E-state index is -0.415. The lowest BCUT2D eigenvalue weighted by Gasteiger charge is -2.37. The number of anilines is 1. The van der Waals surface area contributed by atoms with E-state index in [1.165, 1.54) is 6.42 Å². The van der Waals surface area contributed by atoms with Gasteiger partial charge in [-0.25, -0.2) is 4.98 Å². The topological polar surface area (TPSA) is 85.2 Å². The average Bonchev–Trinajstić information content (AvgIpc) is 2.37. The quantitative estimate of drug-likeness (QED) is 0.854. The molecule has 1 amide bonds. The third kappa shape index (κ3) is 2.71. The molecule has 2 rings (SSSR count). The van der Waals surface area contributed by atoms with Gasteiger partial charge in [-0.1, -0.05) is 0 Å². The number of nitrogens with two attached hydrogens (primary N) is 2. The van der Waals surface area contributed by atoms with Crippen LogP contribution in [0.1, 0.15) is 40.9 Å². The number of nitrogens with zero attached hydrogens (tertiary/aromatic N) is 2. The highest BCUT2D eigenvalue weighted by atomic mass is 16.1. The van der Waals surface area contributed by atoms with E-state index in [0.29, 0.717) is 17.9 Å². The lowest BCUT2D eigenvalue weighted by molar-refractivity contribution is 0.0999. The molecule has 1 fully saturated rings. The van der Waals surface area contributed by atoms with Crippen molar-refractivity contribution in [2.45, 2.75) is 39.2 Å². The summed E-state index contributed by atoms with van der Waals surface area (Å²) in [5, 5.41) is 0. The van der Waals surface area contributed by atoms with Crippen molar-refractivity contribution >= 4 is 11.7 Å². The van der Waals surface area contributed by atoms with Crippen molar-refractivity contribution < 1.29 is 4.79 Å². The van der Waals surface area contributed by atoms with Crippen molar-refractivity contribution in [1.82, 2.24) is 4.98 Å². The first-order chi connectivity index (χ1) is 9.04. The van der Waals surface area contributed by atoms with Gasteiger partial charge in [0.25, 0.3) is 5.91 Å². The molecule has 1 atom stereocenters. The first kappa shape index (κ1) is 13.8. The standard InChI is InChI=1S/C14H22N4O/c1-9-7-10(2)17-14(12(9)13(16)19)18-6-4-3-5-11(18)8-15/h7,11H,3-6,8,15H2,1-2H3,(H2,16,19). The number of aryl methyl sites for hydroxylation is 2. The molecule has 19 heavy (non-hydrogen) atoms. The molecule has 1 unspecified atom stereocenters. The molecule has 0 spiro atoms. The Morgan fingerprint density at radius 2 is 2.21 bits per heavy atom. The molecule has 0 saturated carbocycles. The summed E-state index contributed by atoms with van der Waals surface area (Å²) in [4.78, 5) is 18.4. The van der Waals surface area contributed by atoms with E-state index in [1.54, 1.807) is 0 Å². The molecule has 1 aliphatic heterocycles. The van der Waals surface area contributed by atoms with E-state index >= 15 is 0 Å². The molecule has 5 nitrogen and oxygen atoms in total. The van der Waals surface area contributed by atoms with E-state index in [4.69, 9.17) is 11.5 Å². The number of carbonyl (C=O) groups excluding carboxylic acids is 1. The summed E-state index contributed by atoms with van der Waals surface area (Å²) in [5.74, 6) is 0.293. The molecule has 1 aliphatic rings. The average molecular weight is 262 g/mol. The summed E-state index contributed by atoms with van der Waals surface area (Å²) in [7, 11) is 0. The molecule has 0 bridgehead atoms. The zero-order valence-corrected chi connectivity index (χ0v) is 11.6. The molecule has 2 heterocycles. The molecule has 1 aromatic rings. The highest BCUT2D eigenvalue weighted by Crippen LogP contribution is 2.28. The zero-order valence-electron chi connectivity index (χ0n) is 11.6. The molecular weight excluding hydrogens is 240 g/mol. The molecule has 1 aromatic heterocycles. The first-order valence-corrected chi connectivity index (χ1v) is 6.79. The van der Waals surface area contributed by atoms with E-state index in [1.807, 2.05) is 19.9 Å². The zero-order chi connectivity index (χ0) is 14.0. The normalized spacial score (nSPS) is 19.5. The van der Waals surface area contributed by atoms with Crippen LogP contribution in [0.4, 0.5) is 5.82 Å². The lowest BCUT2D eigenvalue weighted by Crippen LogP contribution is -2.45. The van der Waals surface area contributed by atoms with Crippen LogP contribution in [-0.4, -0.2) is 30.0 Å². The van der Waals surface area contributed by atoms with Gasteiger partial charge in [-0.3, -0.25) is 4.79 Å². The Morgan fingerprint density at radius 1 is 1.47 bits per heavy atom. The van der Waals surface area contributed by atoms with Crippen molar-refractivity contribution in [2.24, 2.45) is 11.5 Å². The number of carbonyl (C=O) groups is 1. The molecule has 0 radical (unpaired) electrons. The number of pyridine rings is 1. The SMILES string of the molecule is Cc1cc(C)c(C(N)=O)c(N2CCCCC2CN)n1. The van der Waals surface area contributed by atoms with Gasteiger partial charge >= 0.3 is 0 Å². The summed E-state index contributed by atoms with van der Waals surface area (Å²) >= 11 is 0. The number of hydrogen-bond acceptors (Lipinski definition) is 4. The smallest absolute Gasteiger partial charge is 0.252 e. The van der Waals surface area contributed by atoms with E-state index in [-0.39, 0.29) is 6.04 Å². The third-order valence-corrected chi connectivity index (χ3v) is 3.74. The summed E-state index contributed by atoms with van der Waals surface area (Å²) in [6.45, 7) is 5.30. The van der Waals surface area contributed by atoms with Gasteiger partial charge in [0, 0.05) is 24.8 Å². The van der Waals surface area contributed by atoms with E-state index in [2.05, 4.69) is 9.88 Å². The minimum absolute atomic E-state index is 0.251. The van der Waals surface area contributed by atoms with Crippen LogP contribution >= 0.6 is 0 Å². The van der Waals surface area contributed by atoms with Crippen LogP contribution in [-0.2, 0) is 0 Å². The van der Waals surface area contributed by atoms with Crippen LogP contribution < -0.4 is 16.4 Å². The second-order valence-corrected chi connectivity index (χ2v) is 5.22. The first-order valence-electron chi connectivity index (χ1n) is 6.79. The van der Waals surface area contributed by atoms with Gasteiger partial charge in [-0.05, 0) is 44.7 Å².